The summed E-state index contributed by atoms with van der Waals surface area (Å²) in [5.41, 5.74) is 0. The van der Waals surface area contributed by atoms with Crippen LogP contribution in [0.1, 0.15) is 40.5 Å². The summed E-state index contributed by atoms with van der Waals surface area (Å²) in [4.78, 5) is 5.49. The molecule has 2 aliphatic rings. The first-order valence-corrected chi connectivity index (χ1v) is 7.84. The van der Waals surface area contributed by atoms with Gasteiger partial charge in [0.2, 0.25) is 0 Å². The van der Waals surface area contributed by atoms with E-state index >= 15 is 0 Å². The van der Waals surface area contributed by atoms with E-state index in [9.17, 15) is 0 Å². The lowest BCUT2D eigenvalue weighted by Crippen LogP contribution is -2.60. The van der Waals surface area contributed by atoms with E-state index in [1.54, 1.807) is 0 Å². The van der Waals surface area contributed by atoms with Crippen molar-refractivity contribution in [1.29, 1.82) is 0 Å². The van der Waals surface area contributed by atoms with Crippen LogP contribution in [0.15, 0.2) is 0 Å². The van der Waals surface area contributed by atoms with Gasteiger partial charge >= 0.3 is 0 Å². The fourth-order valence-corrected chi connectivity index (χ4v) is 3.70. The fraction of sp³-hybridized carbons (Fsp3) is 1.00. The minimum Gasteiger partial charge on any atom is -0.315 e. The Kier molecular flexibility index (Phi) is 5.05. The molecule has 0 radical (unpaired) electrons. The van der Waals surface area contributed by atoms with Crippen LogP contribution in [-0.4, -0.2) is 60.6 Å². The molecule has 18 heavy (non-hydrogen) atoms. The van der Waals surface area contributed by atoms with Crippen molar-refractivity contribution in [3.05, 3.63) is 0 Å². The first-order chi connectivity index (χ1) is 8.63. The minimum atomic E-state index is 0.697. The summed E-state index contributed by atoms with van der Waals surface area (Å²) < 4.78 is 0. The second-order valence-corrected chi connectivity index (χ2v) is 6.46. The maximum Gasteiger partial charge on any atom is 0.0247 e. The molecule has 2 heterocycles. The zero-order valence-corrected chi connectivity index (χ0v) is 12.7. The first kappa shape index (κ1) is 14.3. The molecule has 0 aromatic rings. The Morgan fingerprint density at radius 3 is 2.72 bits per heavy atom. The van der Waals surface area contributed by atoms with Crippen molar-refractivity contribution in [1.82, 2.24) is 15.1 Å². The third-order valence-corrected chi connectivity index (χ3v) is 4.78. The third kappa shape index (κ3) is 3.06. The molecule has 3 atom stereocenters. The maximum absolute atomic E-state index is 3.55. The molecule has 1 N–H and O–H groups in total. The number of hydrogen-bond donors (Lipinski definition) is 1. The summed E-state index contributed by atoms with van der Waals surface area (Å²) in [6.07, 6.45) is 2.82. The highest BCUT2D eigenvalue weighted by molar-refractivity contribution is 4.94. The van der Waals surface area contributed by atoms with Gasteiger partial charge in [-0.25, -0.2) is 0 Å². The Morgan fingerprint density at radius 1 is 1.28 bits per heavy atom. The Hall–Kier alpha value is -0.120. The molecule has 0 spiro atoms. The van der Waals surface area contributed by atoms with Crippen LogP contribution in [0.3, 0.4) is 0 Å². The van der Waals surface area contributed by atoms with Gasteiger partial charge in [-0.2, -0.15) is 0 Å². The average molecular weight is 253 g/mol. The second-order valence-electron chi connectivity index (χ2n) is 6.46. The van der Waals surface area contributed by atoms with E-state index < -0.39 is 0 Å². The van der Waals surface area contributed by atoms with Crippen LogP contribution < -0.4 is 5.32 Å². The number of nitrogens with one attached hydrogen (secondary N) is 1. The lowest BCUT2D eigenvalue weighted by Gasteiger charge is -2.47. The van der Waals surface area contributed by atoms with Crippen molar-refractivity contribution >= 4 is 0 Å². The highest BCUT2D eigenvalue weighted by Gasteiger charge is 2.37. The Balaban J connectivity index is 1.99. The number of nitrogens with zero attached hydrogens (tertiary/aromatic N) is 2. The molecular formula is C15H31N3. The number of piperazine rings is 1. The summed E-state index contributed by atoms with van der Waals surface area (Å²) in [5.74, 6) is 0.736. The highest BCUT2D eigenvalue weighted by atomic mass is 15.3. The molecule has 2 fully saturated rings. The summed E-state index contributed by atoms with van der Waals surface area (Å²) >= 11 is 0. The first-order valence-electron chi connectivity index (χ1n) is 7.84. The van der Waals surface area contributed by atoms with Gasteiger partial charge in [-0.15, -0.1) is 0 Å². The van der Waals surface area contributed by atoms with Crippen molar-refractivity contribution in [2.24, 2.45) is 5.92 Å². The monoisotopic (exact) mass is 253 g/mol. The normalized spacial score (nSPS) is 31.8. The lowest BCUT2D eigenvalue weighted by atomic mass is 9.97. The molecule has 0 saturated carbocycles. The predicted molar refractivity (Wildman–Crippen MR) is 77.9 cm³/mol. The quantitative estimate of drug-likeness (QED) is 0.806. The summed E-state index contributed by atoms with van der Waals surface area (Å²) in [5, 5.41) is 3.55. The maximum atomic E-state index is 3.55. The van der Waals surface area contributed by atoms with E-state index in [4.69, 9.17) is 0 Å². The second kappa shape index (κ2) is 6.36. The van der Waals surface area contributed by atoms with Crippen LogP contribution in [0, 0.1) is 5.92 Å². The molecule has 2 saturated heterocycles. The van der Waals surface area contributed by atoms with Gasteiger partial charge in [0.15, 0.2) is 0 Å². The zero-order chi connectivity index (χ0) is 13.1. The molecule has 0 bridgehead atoms. The van der Waals surface area contributed by atoms with Gasteiger partial charge < -0.3 is 5.32 Å². The molecule has 0 amide bonds. The van der Waals surface area contributed by atoms with E-state index in [2.05, 4.69) is 42.8 Å². The van der Waals surface area contributed by atoms with Gasteiger partial charge in [0.25, 0.3) is 0 Å². The highest BCUT2D eigenvalue weighted by Crippen LogP contribution is 2.27. The standard InChI is InChI=1S/C15H31N3/c1-5-16-9-15(12(2)3)18-11-14-7-6-8-17(14)10-13(18)4/h12-16H,5-11H2,1-4H3. The van der Waals surface area contributed by atoms with Crippen LogP contribution in [-0.2, 0) is 0 Å². The van der Waals surface area contributed by atoms with Crippen LogP contribution >= 0.6 is 0 Å². The number of fused-ring (bicyclic) bond motifs is 1. The molecule has 2 rings (SSSR count). The molecule has 3 nitrogen and oxygen atoms in total. The third-order valence-electron chi connectivity index (χ3n) is 4.78. The van der Waals surface area contributed by atoms with Crippen molar-refractivity contribution in [2.75, 3.05) is 32.7 Å². The van der Waals surface area contributed by atoms with Gasteiger partial charge in [-0.3, -0.25) is 9.80 Å². The number of likely N-dealkylation sites (N-methyl/N-ethyl adjacent to an activating group) is 1. The average Bonchev–Trinajstić information content (AvgIpc) is 2.76. The zero-order valence-electron chi connectivity index (χ0n) is 12.7. The Bertz CT molecular complexity index is 254. The summed E-state index contributed by atoms with van der Waals surface area (Å²) in [6.45, 7) is 15.5. The van der Waals surface area contributed by atoms with Crippen LogP contribution in [0.5, 0.6) is 0 Å². The topological polar surface area (TPSA) is 18.5 Å². The van der Waals surface area contributed by atoms with Gasteiger partial charge in [0.1, 0.15) is 0 Å². The number of hydrogen-bond acceptors (Lipinski definition) is 3. The fourth-order valence-electron chi connectivity index (χ4n) is 3.70. The van der Waals surface area contributed by atoms with Gasteiger partial charge in [0.05, 0.1) is 0 Å². The van der Waals surface area contributed by atoms with Gasteiger partial charge in [0, 0.05) is 37.8 Å². The van der Waals surface area contributed by atoms with Gasteiger partial charge in [-0.1, -0.05) is 20.8 Å². The van der Waals surface area contributed by atoms with Crippen molar-refractivity contribution in [3.63, 3.8) is 0 Å². The van der Waals surface area contributed by atoms with E-state index in [0.717, 1.165) is 25.0 Å². The summed E-state index contributed by atoms with van der Waals surface area (Å²) in [7, 11) is 0. The molecule has 0 aromatic heterocycles. The molecule has 3 unspecified atom stereocenters. The molecular weight excluding hydrogens is 222 g/mol. The Labute approximate surface area is 113 Å². The molecule has 0 aliphatic carbocycles. The Morgan fingerprint density at radius 2 is 2.06 bits per heavy atom. The van der Waals surface area contributed by atoms with E-state index in [1.807, 2.05) is 0 Å². The molecule has 0 aromatic carbocycles. The molecule has 3 heteroatoms. The SMILES string of the molecule is CCNCC(C(C)C)N1CC2CCCN2CC1C. The summed E-state index contributed by atoms with van der Waals surface area (Å²) in [6, 6.07) is 2.25. The smallest absolute Gasteiger partial charge is 0.0247 e. The van der Waals surface area contributed by atoms with Crippen molar-refractivity contribution in [2.45, 2.75) is 58.7 Å². The van der Waals surface area contributed by atoms with Crippen LogP contribution in [0.25, 0.3) is 0 Å². The van der Waals surface area contributed by atoms with E-state index in [1.165, 1.54) is 32.5 Å². The van der Waals surface area contributed by atoms with Crippen molar-refractivity contribution < 1.29 is 0 Å². The van der Waals surface area contributed by atoms with Crippen LogP contribution in [0.4, 0.5) is 0 Å². The predicted octanol–water partition coefficient (Wildman–Crippen LogP) is 1.79. The van der Waals surface area contributed by atoms with Crippen LogP contribution in [0.2, 0.25) is 0 Å². The van der Waals surface area contributed by atoms with E-state index in [-0.39, 0.29) is 0 Å². The molecule has 106 valence electrons. The minimum absolute atomic E-state index is 0.697. The number of rotatable bonds is 5. The van der Waals surface area contributed by atoms with E-state index in [0.29, 0.717) is 12.1 Å². The largest absolute Gasteiger partial charge is 0.315 e. The van der Waals surface area contributed by atoms with Crippen molar-refractivity contribution in [3.8, 4) is 0 Å². The van der Waals surface area contributed by atoms with Gasteiger partial charge in [-0.05, 0) is 38.8 Å². The molecule has 2 aliphatic heterocycles. The lowest BCUT2D eigenvalue weighted by molar-refractivity contribution is 0.0135.